The second kappa shape index (κ2) is 8.72. The minimum absolute atomic E-state index is 0.140. The van der Waals surface area contributed by atoms with E-state index in [2.05, 4.69) is 26.1 Å². The molecule has 0 radical (unpaired) electrons. The third kappa shape index (κ3) is 5.28. The lowest BCUT2D eigenvalue weighted by molar-refractivity contribution is -0.117. The molecule has 1 aliphatic heterocycles. The van der Waals surface area contributed by atoms with Gasteiger partial charge >= 0.3 is 0 Å². The van der Waals surface area contributed by atoms with Crippen molar-refractivity contribution in [2.75, 3.05) is 26.2 Å². The number of nitriles is 1. The Bertz CT molecular complexity index is 569. The zero-order valence-corrected chi connectivity index (χ0v) is 14.1. The largest absolute Gasteiger partial charge is 0.350 e. The van der Waals surface area contributed by atoms with Gasteiger partial charge in [0.05, 0.1) is 0 Å². The molecule has 1 aromatic carbocycles. The molecule has 0 bridgehead atoms. The standard InChI is InChI=1S/C17H20BrN3O/c18-16-6-4-14(5-7-16)12-15(13-19)17(22)20-8-11-21-9-2-1-3-10-21/h4-7,12H,1-3,8-11H2,(H,20,22). The molecular formula is C17H20BrN3O. The van der Waals surface area contributed by atoms with Gasteiger partial charge in [-0.05, 0) is 49.7 Å². The summed E-state index contributed by atoms with van der Waals surface area (Å²) in [5.74, 6) is -0.303. The van der Waals surface area contributed by atoms with Crippen LogP contribution in [0.15, 0.2) is 34.3 Å². The minimum Gasteiger partial charge on any atom is -0.350 e. The molecule has 0 aliphatic carbocycles. The third-order valence-corrected chi connectivity index (χ3v) is 4.24. The zero-order chi connectivity index (χ0) is 15.8. The fraction of sp³-hybridized carbons (Fsp3) is 0.412. The van der Waals surface area contributed by atoms with Crippen molar-refractivity contribution in [3.63, 3.8) is 0 Å². The maximum Gasteiger partial charge on any atom is 0.261 e. The van der Waals surface area contributed by atoms with Crippen LogP contribution in [0.5, 0.6) is 0 Å². The van der Waals surface area contributed by atoms with E-state index in [9.17, 15) is 4.79 Å². The molecular weight excluding hydrogens is 342 g/mol. The van der Waals surface area contributed by atoms with E-state index in [1.807, 2.05) is 30.3 Å². The molecule has 5 heteroatoms. The molecule has 1 aliphatic rings. The maximum atomic E-state index is 12.1. The van der Waals surface area contributed by atoms with Crippen molar-refractivity contribution in [3.05, 3.63) is 39.9 Å². The molecule has 22 heavy (non-hydrogen) atoms. The Morgan fingerprint density at radius 3 is 2.59 bits per heavy atom. The fourth-order valence-corrected chi connectivity index (χ4v) is 2.74. The maximum absolute atomic E-state index is 12.1. The first kappa shape index (κ1) is 16.7. The molecule has 4 nitrogen and oxygen atoms in total. The van der Waals surface area contributed by atoms with Gasteiger partial charge in [0.1, 0.15) is 11.6 Å². The molecule has 1 N–H and O–H groups in total. The number of nitrogens with zero attached hydrogens (tertiary/aromatic N) is 2. The van der Waals surface area contributed by atoms with Gasteiger partial charge in [-0.15, -0.1) is 0 Å². The fourth-order valence-electron chi connectivity index (χ4n) is 2.48. The number of carbonyl (C=O) groups is 1. The number of benzene rings is 1. The summed E-state index contributed by atoms with van der Waals surface area (Å²) in [6.07, 6.45) is 5.39. The average molecular weight is 362 g/mol. The van der Waals surface area contributed by atoms with E-state index in [-0.39, 0.29) is 11.5 Å². The van der Waals surface area contributed by atoms with Crippen LogP contribution in [0.1, 0.15) is 24.8 Å². The summed E-state index contributed by atoms with van der Waals surface area (Å²) in [7, 11) is 0. The Kier molecular flexibility index (Phi) is 6.63. The molecule has 2 rings (SSSR count). The Hall–Kier alpha value is -1.64. The normalized spacial score (nSPS) is 16.1. The van der Waals surface area contributed by atoms with Gasteiger partial charge in [0.15, 0.2) is 0 Å². The van der Waals surface area contributed by atoms with E-state index in [4.69, 9.17) is 5.26 Å². The summed E-state index contributed by atoms with van der Waals surface area (Å²) in [4.78, 5) is 14.4. The van der Waals surface area contributed by atoms with Crippen molar-refractivity contribution in [2.24, 2.45) is 0 Å². The molecule has 1 fully saturated rings. The number of hydrogen-bond acceptors (Lipinski definition) is 3. The van der Waals surface area contributed by atoms with Gasteiger partial charge < -0.3 is 10.2 Å². The zero-order valence-electron chi connectivity index (χ0n) is 12.5. The predicted octanol–water partition coefficient (Wildman–Crippen LogP) is 2.96. The van der Waals surface area contributed by atoms with Gasteiger partial charge in [-0.2, -0.15) is 5.26 Å². The van der Waals surface area contributed by atoms with Crippen molar-refractivity contribution in [3.8, 4) is 6.07 Å². The topological polar surface area (TPSA) is 56.1 Å². The van der Waals surface area contributed by atoms with Gasteiger partial charge in [-0.3, -0.25) is 4.79 Å². The number of piperidine rings is 1. The first-order valence-corrected chi connectivity index (χ1v) is 8.36. The third-order valence-electron chi connectivity index (χ3n) is 3.71. The summed E-state index contributed by atoms with van der Waals surface area (Å²) in [5, 5.41) is 12.0. The van der Waals surface area contributed by atoms with Crippen LogP contribution in [0.2, 0.25) is 0 Å². The minimum atomic E-state index is -0.303. The Balaban J connectivity index is 1.86. The van der Waals surface area contributed by atoms with Crippen molar-refractivity contribution in [1.29, 1.82) is 5.26 Å². The lowest BCUT2D eigenvalue weighted by Gasteiger charge is -2.26. The number of carbonyl (C=O) groups excluding carboxylic acids is 1. The summed E-state index contributed by atoms with van der Waals surface area (Å²) in [5.41, 5.74) is 0.979. The second-order valence-electron chi connectivity index (χ2n) is 5.38. The molecule has 1 saturated heterocycles. The number of amides is 1. The van der Waals surface area contributed by atoms with E-state index in [0.29, 0.717) is 6.54 Å². The number of hydrogen-bond donors (Lipinski definition) is 1. The number of likely N-dealkylation sites (tertiary alicyclic amines) is 1. The first-order chi connectivity index (χ1) is 10.7. The molecule has 1 heterocycles. The van der Waals surface area contributed by atoms with Gasteiger partial charge in [0.2, 0.25) is 0 Å². The number of nitrogens with one attached hydrogen (secondary N) is 1. The SMILES string of the molecule is N#CC(=Cc1ccc(Br)cc1)C(=O)NCCN1CCCCC1. The highest BCUT2D eigenvalue weighted by molar-refractivity contribution is 9.10. The van der Waals surface area contributed by atoms with E-state index in [1.54, 1.807) is 6.08 Å². The quantitative estimate of drug-likeness (QED) is 0.647. The van der Waals surface area contributed by atoms with E-state index < -0.39 is 0 Å². The highest BCUT2D eigenvalue weighted by Gasteiger charge is 2.12. The Labute approximate surface area is 139 Å². The highest BCUT2D eigenvalue weighted by Crippen LogP contribution is 2.13. The molecule has 0 spiro atoms. The Morgan fingerprint density at radius 1 is 1.27 bits per heavy atom. The van der Waals surface area contributed by atoms with Crippen LogP contribution in [-0.4, -0.2) is 37.0 Å². The Morgan fingerprint density at radius 2 is 1.95 bits per heavy atom. The second-order valence-corrected chi connectivity index (χ2v) is 6.30. The van der Waals surface area contributed by atoms with Crippen LogP contribution in [0, 0.1) is 11.3 Å². The van der Waals surface area contributed by atoms with Crippen LogP contribution >= 0.6 is 15.9 Å². The molecule has 0 aromatic heterocycles. The van der Waals surface area contributed by atoms with Gasteiger partial charge in [-0.1, -0.05) is 34.5 Å². The smallest absolute Gasteiger partial charge is 0.261 e. The summed E-state index contributed by atoms with van der Waals surface area (Å²) >= 11 is 3.36. The van der Waals surface area contributed by atoms with E-state index >= 15 is 0 Å². The average Bonchev–Trinajstić information content (AvgIpc) is 2.55. The lowest BCUT2D eigenvalue weighted by atomic mass is 10.1. The first-order valence-electron chi connectivity index (χ1n) is 7.57. The van der Waals surface area contributed by atoms with E-state index in [1.165, 1.54) is 19.3 Å². The molecule has 0 unspecified atom stereocenters. The molecule has 0 saturated carbocycles. The summed E-state index contributed by atoms with van der Waals surface area (Å²) in [6, 6.07) is 9.47. The number of halogens is 1. The van der Waals surface area contributed by atoms with Crippen LogP contribution in [-0.2, 0) is 4.79 Å². The van der Waals surface area contributed by atoms with E-state index in [0.717, 1.165) is 29.7 Å². The highest BCUT2D eigenvalue weighted by atomic mass is 79.9. The number of rotatable bonds is 5. The van der Waals surface area contributed by atoms with Crippen LogP contribution in [0.3, 0.4) is 0 Å². The van der Waals surface area contributed by atoms with Crippen molar-refractivity contribution in [2.45, 2.75) is 19.3 Å². The summed E-state index contributed by atoms with van der Waals surface area (Å²) in [6.45, 7) is 3.65. The molecule has 1 aromatic rings. The lowest BCUT2D eigenvalue weighted by Crippen LogP contribution is -2.37. The van der Waals surface area contributed by atoms with Gasteiger partial charge in [-0.25, -0.2) is 0 Å². The molecule has 1 amide bonds. The van der Waals surface area contributed by atoms with Crippen LogP contribution in [0.4, 0.5) is 0 Å². The monoisotopic (exact) mass is 361 g/mol. The van der Waals surface area contributed by atoms with Crippen molar-refractivity contribution < 1.29 is 4.79 Å². The van der Waals surface area contributed by atoms with Crippen LogP contribution in [0.25, 0.3) is 6.08 Å². The van der Waals surface area contributed by atoms with Crippen molar-refractivity contribution in [1.82, 2.24) is 10.2 Å². The molecule has 116 valence electrons. The summed E-state index contributed by atoms with van der Waals surface area (Å²) < 4.78 is 0.967. The predicted molar refractivity (Wildman–Crippen MR) is 91.0 cm³/mol. The van der Waals surface area contributed by atoms with Gasteiger partial charge in [0, 0.05) is 17.6 Å². The van der Waals surface area contributed by atoms with Crippen LogP contribution < -0.4 is 5.32 Å². The van der Waals surface area contributed by atoms with Crippen molar-refractivity contribution >= 4 is 27.9 Å². The van der Waals surface area contributed by atoms with Gasteiger partial charge in [0.25, 0.3) is 5.91 Å². The molecule has 0 atom stereocenters.